The topological polar surface area (TPSA) is 63.2 Å². The maximum Gasteiger partial charge on any atom is 0.323 e. The molecule has 1 aromatic heterocycles. The van der Waals surface area contributed by atoms with Crippen molar-refractivity contribution in [1.82, 2.24) is 4.98 Å². The summed E-state index contributed by atoms with van der Waals surface area (Å²) in [6.07, 6.45) is 0. The van der Waals surface area contributed by atoms with E-state index in [1.54, 1.807) is 19.2 Å². The van der Waals surface area contributed by atoms with E-state index in [1.165, 1.54) is 0 Å². The normalized spacial score (nSPS) is 10.6. The number of hydrogen-bond acceptors (Lipinski definition) is 3. The monoisotopic (exact) mass is 355 g/mol. The fourth-order valence-electron chi connectivity index (χ4n) is 2.63. The van der Waals surface area contributed by atoms with Gasteiger partial charge in [-0.15, -0.1) is 0 Å². The molecule has 0 aliphatic rings. The summed E-state index contributed by atoms with van der Waals surface area (Å²) in [7, 11) is 1.57. The summed E-state index contributed by atoms with van der Waals surface area (Å²) in [6, 6.07) is 12.4. The minimum Gasteiger partial charge on any atom is -0.495 e. The van der Waals surface area contributed by atoms with E-state index >= 15 is 0 Å². The third kappa shape index (κ3) is 3.83. The van der Waals surface area contributed by atoms with Gasteiger partial charge in [0, 0.05) is 16.1 Å². The van der Waals surface area contributed by atoms with E-state index in [4.69, 9.17) is 16.3 Å². The van der Waals surface area contributed by atoms with Crippen LogP contribution in [0, 0.1) is 13.8 Å². The highest BCUT2D eigenvalue weighted by Gasteiger charge is 2.11. The van der Waals surface area contributed by atoms with Crippen molar-refractivity contribution in [3.63, 3.8) is 0 Å². The zero-order valence-corrected chi connectivity index (χ0v) is 14.9. The summed E-state index contributed by atoms with van der Waals surface area (Å²) < 4.78 is 5.29. The van der Waals surface area contributed by atoms with Gasteiger partial charge >= 0.3 is 6.03 Å². The molecule has 0 aliphatic heterocycles. The largest absolute Gasteiger partial charge is 0.495 e. The van der Waals surface area contributed by atoms with Crippen LogP contribution in [0.2, 0.25) is 5.02 Å². The molecule has 2 aromatic carbocycles. The zero-order chi connectivity index (χ0) is 18.0. The van der Waals surface area contributed by atoms with Crippen LogP contribution in [0.3, 0.4) is 0 Å². The molecule has 0 aliphatic carbocycles. The lowest BCUT2D eigenvalue weighted by Gasteiger charge is -2.13. The number of aromatic nitrogens is 1. The second-order valence-electron chi connectivity index (χ2n) is 5.76. The summed E-state index contributed by atoms with van der Waals surface area (Å²) in [5, 5.41) is 7.12. The first-order valence-electron chi connectivity index (χ1n) is 7.76. The number of methoxy groups -OCH3 is 1. The van der Waals surface area contributed by atoms with Crippen molar-refractivity contribution in [2.45, 2.75) is 13.8 Å². The Bertz CT molecular complexity index is 952. The van der Waals surface area contributed by atoms with Gasteiger partial charge in [-0.2, -0.15) is 0 Å². The molecule has 0 saturated carbocycles. The lowest BCUT2D eigenvalue weighted by Crippen LogP contribution is -2.20. The number of anilines is 2. The van der Waals surface area contributed by atoms with Gasteiger partial charge in [0.15, 0.2) is 0 Å². The van der Waals surface area contributed by atoms with E-state index < -0.39 is 0 Å². The molecule has 3 aromatic rings. The summed E-state index contributed by atoms with van der Waals surface area (Å²) >= 11 is 6.03. The zero-order valence-electron chi connectivity index (χ0n) is 14.2. The lowest BCUT2D eigenvalue weighted by molar-refractivity contribution is 0.262. The highest BCUT2D eigenvalue weighted by Crippen LogP contribution is 2.28. The Balaban J connectivity index is 1.89. The summed E-state index contributed by atoms with van der Waals surface area (Å²) in [5.41, 5.74) is 3.83. The first-order valence-corrected chi connectivity index (χ1v) is 8.13. The number of rotatable bonds is 3. The molecule has 0 saturated heterocycles. The Hall–Kier alpha value is -2.79. The number of benzene rings is 2. The molecule has 0 atom stereocenters. The minimum absolute atomic E-state index is 0.356. The summed E-state index contributed by atoms with van der Waals surface area (Å²) in [5.74, 6) is 0.600. The molecule has 3 rings (SSSR count). The highest BCUT2D eigenvalue weighted by atomic mass is 35.5. The minimum atomic E-state index is -0.356. The fraction of sp³-hybridized carbons (Fsp3) is 0.158. The second-order valence-corrected chi connectivity index (χ2v) is 6.19. The molecule has 2 N–H and O–H groups in total. The highest BCUT2D eigenvalue weighted by molar-refractivity contribution is 6.31. The van der Waals surface area contributed by atoms with Crippen LogP contribution < -0.4 is 15.4 Å². The number of amides is 2. The van der Waals surface area contributed by atoms with Crippen LogP contribution in [0.5, 0.6) is 5.75 Å². The predicted molar refractivity (Wildman–Crippen MR) is 102 cm³/mol. The lowest BCUT2D eigenvalue weighted by atomic mass is 10.1. The van der Waals surface area contributed by atoms with E-state index in [-0.39, 0.29) is 6.03 Å². The van der Waals surface area contributed by atoms with E-state index in [1.807, 2.05) is 44.2 Å². The average molecular weight is 356 g/mol. The van der Waals surface area contributed by atoms with Crippen molar-refractivity contribution in [3.05, 3.63) is 58.7 Å². The maximum absolute atomic E-state index is 12.5. The predicted octanol–water partition coefficient (Wildman–Crippen LogP) is 5.16. The van der Waals surface area contributed by atoms with E-state index in [9.17, 15) is 4.79 Å². The number of nitrogens with one attached hydrogen (secondary N) is 2. The number of ether oxygens (including phenoxy) is 1. The van der Waals surface area contributed by atoms with Crippen molar-refractivity contribution in [3.8, 4) is 5.75 Å². The van der Waals surface area contributed by atoms with Gasteiger partial charge in [-0.3, -0.25) is 4.98 Å². The molecular formula is C19H18ClN3O2. The Labute approximate surface area is 151 Å². The number of carbonyl (C=O) groups is 1. The van der Waals surface area contributed by atoms with Gasteiger partial charge in [0.25, 0.3) is 0 Å². The number of hydrogen-bond donors (Lipinski definition) is 2. The van der Waals surface area contributed by atoms with Crippen molar-refractivity contribution < 1.29 is 9.53 Å². The third-order valence-electron chi connectivity index (χ3n) is 3.75. The molecule has 25 heavy (non-hydrogen) atoms. The van der Waals surface area contributed by atoms with E-state index in [2.05, 4.69) is 15.6 Å². The average Bonchev–Trinajstić information content (AvgIpc) is 2.54. The number of pyridine rings is 1. The third-order valence-corrected chi connectivity index (χ3v) is 3.99. The van der Waals surface area contributed by atoms with E-state index in [0.29, 0.717) is 22.1 Å². The van der Waals surface area contributed by atoms with Crippen LogP contribution >= 0.6 is 11.6 Å². The summed E-state index contributed by atoms with van der Waals surface area (Å²) in [6.45, 7) is 3.82. The first-order chi connectivity index (χ1) is 12.0. The Morgan fingerprint density at radius 3 is 2.56 bits per heavy atom. The fourth-order valence-corrected chi connectivity index (χ4v) is 2.80. The number of aryl methyl sites for hydroxylation is 2. The van der Waals surface area contributed by atoms with Gasteiger partial charge in [0.2, 0.25) is 0 Å². The van der Waals surface area contributed by atoms with Gasteiger partial charge in [-0.05, 0) is 55.8 Å². The van der Waals surface area contributed by atoms with E-state index in [0.717, 1.165) is 22.2 Å². The SMILES string of the molecule is COc1ccc(C)cc1NC(=O)Nc1cc(C)nc2cc(Cl)ccc12. The molecule has 0 radical (unpaired) electrons. The van der Waals surface area contributed by atoms with Crippen LogP contribution in [0.15, 0.2) is 42.5 Å². The number of nitrogens with zero attached hydrogens (tertiary/aromatic N) is 1. The van der Waals surface area contributed by atoms with Crippen LogP contribution in [-0.4, -0.2) is 18.1 Å². The number of urea groups is 1. The number of halogens is 1. The smallest absolute Gasteiger partial charge is 0.323 e. The molecule has 0 spiro atoms. The van der Waals surface area contributed by atoms with Gasteiger partial charge in [-0.1, -0.05) is 17.7 Å². The van der Waals surface area contributed by atoms with Crippen LogP contribution in [0.1, 0.15) is 11.3 Å². The molecule has 0 fully saturated rings. The van der Waals surface area contributed by atoms with Gasteiger partial charge in [0.1, 0.15) is 5.75 Å². The van der Waals surface area contributed by atoms with Crippen LogP contribution in [-0.2, 0) is 0 Å². The first kappa shape index (κ1) is 17.0. The molecule has 6 heteroatoms. The second kappa shape index (κ2) is 6.99. The van der Waals surface area contributed by atoms with Crippen molar-refractivity contribution in [2.75, 3.05) is 17.7 Å². The van der Waals surface area contributed by atoms with Crippen molar-refractivity contribution >= 4 is 39.9 Å². The van der Waals surface area contributed by atoms with Crippen LogP contribution in [0.4, 0.5) is 16.2 Å². The number of carbonyl (C=O) groups excluding carboxylic acids is 1. The molecule has 128 valence electrons. The molecule has 0 bridgehead atoms. The molecule has 2 amide bonds. The van der Waals surface area contributed by atoms with Crippen molar-refractivity contribution in [1.29, 1.82) is 0 Å². The van der Waals surface area contributed by atoms with Gasteiger partial charge < -0.3 is 15.4 Å². The van der Waals surface area contributed by atoms with Crippen LogP contribution in [0.25, 0.3) is 10.9 Å². The molecule has 1 heterocycles. The Morgan fingerprint density at radius 2 is 1.80 bits per heavy atom. The summed E-state index contributed by atoms with van der Waals surface area (Å²) in [4.78, 5) is 16.9. The molecule has 0 unspecified atom stereocenters. The standard InChI is InChI=1S/C19H18ClN3O2/c1-11-4-7-18(25-3)17(8-11)23-19(24)22-15-9-12(2)21-16-10-13(20)5-6-14(15)16/h4-10H,1-3H3,(H2,21,22,23,24). The van der Waals surface area contributed by atoms with Gasteiger partial charge in [0.05, 0.1) is 24.0 Å². The molecular weight excluding hydrogens is 338 g/mol. The van der Waals surface area contributed by atoms with Crippen molar-refractivity contribution in [2.24, 2.45) is 0 Å². The Kier molecular flexibility index (Phi) is 4.76. The molecule has 5 nitrogen and oxygen atoms in total. The maximum atomic E-state index is 12.5. The van der Waals surface area contributed by atoms with Gasteiger partial charge in [-0.25, -0.2) is 4.79 Å². The number of fused-ring (bicyclic) bond motifs is 1. The quantitative estimate of drug-likeness (QED) is 0.682. The Morgan fingerprint density at radius 1 is 1.04 bits per heavy atom.